The van der Waals surface area contributed by atoms with Gasteiger partial charge >= 0.3 is 0 Å². The molecule has 2 aromatic carbocycles. The fraction of sp³-hybridized carbons (Fsp3) is 0.294. The Kier molecular flexibility index (Phi) is 1.79. The number of hydrogen-bond acceptors (Lipinski definition) is 1. The molecule has 0 radical (unpaired) electrons. The van der Waals surface area contributed by atoms with Gasteiger partial charge in [-0.2, -0.15) is 0 Å². The number of fused-ring (bicyclic) bond motifs is 5. The van der Waals surface area contributed by atoms with Crippen molar-refractivity contribution in [2.45, 2.75) is 31.7 Å². The smallest absolute Gasteiger partial charge is 0.0614 e. The molecule has 0 aromatic heterocycles. The number of anilines is 1. The lowest BCUT2D eigenvalue weighted by Crippen LogP contribution is -2.24. The van der Waals surface area contributed by atoms with Crippen molar-refractivity contribution in [1.82, 2.24) is 0 Å². The number of rotatable bonds is 0. The highest BCUT2D eigenvalue weighted by Crippen LogP contribution is 2.55. The fourth-order valence-corrected chi connectivity index (χ4v) is 3.72. The lowest BCUT2D eigenvalue weighted by molar-refractivity contribution is 0.464. The number of nitrogens with one attached hydrogen (secondary N) is 1. The first-order chi connectivity index (χ1) is 8.68. The maximum absolute atomic E-state index is 3.72. The quantitative estimate of drug-likeness (QED) is 0.728. The van der Waals surface area contributed by atoms with Crippen molar-refractivity contribution >= 4 is 5.69 Å². The molecule has 1 N–H and O–H groups in total. The van der Waals surface area contributed by atoms with Gasteiger partial charge in [-0.15, -0.1) is 0 Å². The molecule has 0 amide bonds. The van der Waals surface area contributed by atoms with Crippen LogP contribution in [0.3, 0.4) is 0 Å². The van der Waals surface area contributed by atoms with E-state index >= 15 is 0 Å². The third-order valence-corrected chi connectivity index (χ3v) is 4.65. The van der Waals surface area contributed by atoms with Crippen LogP contribution in [-0.4, -0.2) is 0 Å². The number of benzene rings is 2. The molecule has 1 heteroatoms. The van der Waals surface area contributed by atoms with E-state index in [-0.39, 0.29) is 5.41 Å². The molecule has 0 bridgehead atoms. The summed E-state index contributed by atoms with van der Waals surface area (Å²) >= 11 is 0. The second kappa shape index (κ2) is 3.17. The summed E-state index contributed by atoms with van der Waals surface area (Å²) in [5.41, 5.74) is 7.38. The summed E-state index contributed by atoms with van der Waals surface area (Å²) in [7, 11) is 0. The predicted octanol–water partition coefficient (Wildman–Crippen LogP) is 3.98. The van der Waals surface area contributed by atoms with Crippen molar-refractivity contribution in [3.8, 4) is 0 Å². The molecule has 2 aliphatic rings. The topological polar surface area (TPSA) is 12.0 Å². The van der Waals surface area contributed by atoms with Crippen LogP contribution < -0.4 is 5.32 Å². The molecule has 2 atom stereocenters. The number of aryl methyl sites for hydroxylation is 1. The molecule has 2 unspecified atom stereocenters. The van der Waals surface area contributed by atoms with Gasteiger partial charge in [-0.05, 0) is 36.1 Å². The molecule has 1 heterocycles. The van der Waals surface area contributed by atoms with Gasteiger partial charge in [0.2, 0.25) is 0 Å². The third-order valence-electron chi connectivity index (χ3n) is 4.65. The summed E-state index contributed by atoms with van der Waals surface area (Å²) in [6, 6.07) is 16.1. The Balaban J connectivity index is 1.92. The SMILES string of the molecule is Cc1ccc2c(c1)C1(C)Cc3ccccc3C1N2. The summed E-state index contributed by atoms with van der Waals surface area (Å²) in [5, 5.41) is 3.72. The zero-order valence-electron chi connectivity index (χ0n) is 10.8. The Bertz CT molecular complexity index is 644. The van der Waals surface area contributed by atoms with Gasteiger partial charge < -0.3 is 5.32 Å². The van der Waals surface area contributed by atoms with Crippen LogP contribution in [0.4, 0.5) is 5.69 Å². The van der Waals surface area contributed by atoms with Gasteiger partial charge in [0.15, 0.2) is 0 Å². The van der Waals surface area contributed by atoms with Crippen LogP contribution >= 0.6 is 0 Å². The Morgan fingerprint density at radius 3 is 2.89 bits per heavy atom. The average molecular weight is 235 g/mol. The lowest BCUT2D eigenvalue weighted by atomic mass is 9.79. The van der Waals surface area contributed by atoms with Gasteiger partial charge in [0.25, 0.3) is 0 Å². The summed E-state index contributed by atoms with van der Waals surface area (Å²) in [6.45, 7) is 4.58. The van der Waals surface area contributed by atoms with Gasteiger partial charge in [0, 0.05) is 11.1 Å². The van der Waals surface area contributed by atoms with Crippen molar-refractivity contribution in [2.75, 3.05) is 5.32 Å². The molecule has 18 heavy (non-hydrogen) atoms. The van der Waals surface area contributed by atoms with Gasteiger partial charge in [-0.1, -0.05) is 48.9 Å². The van der Waals surface area contributed by atoms with Gasteiger partial charge in [0.1, 0.15) is 0 Å². The van der Waals surface area contributed by atoms with Crippen LogP contribution in [0.2, 0.25) is 0 Å². The van der Waals surface area contributed by atoms with Crippen molar-refractivity contribution in [2.24, 2.45) is 0 Å². The normalized spacial score (nSPS) is 27.3. The second-order valence-corrected chi connectivity index (χ2v) is 5.92. The van der Waals surface area contributed by atoms with Gasteiger partial charge in [-0.3, -0.25) is 0 Å². The maximum Gasteiger partial charge on any atom is 0.0614 e. The van der Waals surface area contributed by atoms with Crippen molar-refractivity contribution in [1.29, 1.82) is 0 Å². The molecule has 2 aromatic rings. The molecular formula is C17H17N. The Morgan fingerprint density at radius 1 is 1.17 bits per heavy atom. The molecular weight excluding hydrogens is 218 g/mol. The zero-order valence-corrected chi connectivity index (χ0v) is 10.8. The van der Waals surface area contributed by atoms with Gasteiger partial charge in [-0.25, -0.2) is 0 Å². The van der Waals surface area contributed by atoms with E-state index in [1.807, 2.05) is 0 Å². The third kappa shape index (κ3) is 1.12. The standard InChI is InChI=1S/C17H17N/c1-11-7-8-15-14(9-11)17(2)10-12-5-3-4-6-13(12)16(17)18-15/h3-9,16,18H,10H2,1-2H3. The molecule has 0 saturated heterocycles. The Morgan fingerprint density at radius 2 is 2.00 bits per heavy atom. The molecule has 0 fully saturated rings. The summed E-state index contributed by atoms with van der Waals surface area (Å²) in [4.78, 5) is 0. The first-order valence-corrected chi connectivity index (χ1v) is 6.64. The van der Waals surface area contributed by atoms with Gasteiger partial charge in [0.05, 0.1) is 6.04 Å². The average Bonchev–Trinajstić information content (AvgIpc) is 2.79. The molecule has 1 aliphatic heterocycles. The van der Waals surface area contributed by atoms with Crippen LogP contribution in [0, 0.1) is 6.92 Å². The van der Waals surface area contributed by atoms with Crippen LogP contribution in [0.1, 0.15) is 35.2 Å². The van der Waals surface area contributed by atoms with E-state index in [2.05, 4.69) is 61.6 Å². The van der Waals surface area contributed by atoms with Crippen LogP contribution in [0.5, 0.6) is 0 Å². The number of hydrogen-bond donors (Lipinski definition) is 1. The predicted molar refractivity (Wildman–Crippen MR) is 75.0 cm³/mol. The molecule has 1 aliphatic carbocycles. The van der Waals surface area contributed by atoms with E-state index < -0.39 is 0 Å². The highest BCUT2D eigenvalue weighted by Gasteiger charge is 2.48. The molecule has 90 valence electrons. The Hall–Kier alpha value is -1.76. The zero-order chi connectivity index (χ0) is 12.3. The highest BCUT2D eigenvalue weighted by atomic mass is 15.0. The van der Waals surface area contributed by atoms with Crippen LogP contribution in [-0.2, 0) is 11.8 Å². The summed E-state index contributed by atoms with van der Waals surface area (Å²) in [5.74, 6) is 0. The highest BCUT2D eigenvalue weighted by molar-refractivity contribution is 5.67. The summed E-state index contributed by atoms with van der Waals surface area (Å²) in [6.07, 6.45) is 1.15. The molecule has 0 saturated carbocycles. The van der Waals surface area contributed by atoms with Crippen molar-refractivity contribution in [3.63, 3.8) is 0 Å². The van der Waals surface area contributed by atoms with E-state index in [1.165, 1.54) is 27.9 Å². The van der Waals surface area contributed by atoms with Crippen LogP contribution in [0.25, 0.3) is 0 Å². The second-order valence-electron chi connectivity index (χ2n) is 5.92. The lowest BCUT2D eigenvalue weighted by Gasteiger charge is -2.24. The molecule has 4 rings (SSSR count). The largest absolute Gasteiger partial charge is 0.377 e. The first kappa shape index (κ1) is 10.2. The minimum absolute atomic E-state index is 0.227. The van der Waals surface area contributed by atoms with E-state index in [9.17, 15) is 0 Å². The first-order valence-electron chi connectivity index (χ1n) is 6.64. The molecule has 1 nitrogen and oxygen atoms in total. The monoisotopic (exact) mass is 235 g/mol. The fourth-order valence-electron chi connectivity index (χ4n) is 3.72. The maximum atomic E-state index is 3.72. The van der Waals surface area contributed by atoms with E-state index in [0.29, 0.717) is 6.04 Å². The Labute approximate surface area is 108 Å². The minimum Gasteiger partial charge on any atom is -0.377 e. The summed E-state index contributed by atoms with van der Waals surface area (Å²) < 4.78 is 0. The van der Waals surface area contributed by atoms with Crippen molar-refractivity contribution in [3.05, 3.63) is 64.7 Å². The molecule has 0 spiro atoms. The van der Waals surface area contributed by atoms with E-state index in [1.54, 1.807) is 0 Å². The van der Waals surface area contributed by atoms with Crippen molar-refractivity contribution < 1.29 is 0 Å². The van der Waals surface area contributed by atoms with E-state index in [4.69, 9.17) is 0 Å². The minimum atomic E-state index is 0.227. The van der Waals surface area contributed by atoms with Crippen LogP contribution in [0.15, 0.2) is 42.5 Å². The van der Waals surface area contributed by atoms with E-state index in [0.717, 1.165) is 6.42 Å².